The highest BCUT2D eigenvalue weighted by molar-refractivity contribution is 8.18. The van der Waals surface area contributed by atoms with Gasteiger partial charge in [0.2, 0.25) is 0 Å². The van der Waals surface area contributed by atoms with Gasteiger partial charge in [0.05, 0.1) is 12.0 Å². The Bertz CT molecular complexity index is 848. The highest BCUT2D eigenvalue weighted by Gasteiger charge is 2.34. The zero-order valence-corrected chi connectivity index (χ0v) is 15.2. The normalized spacial score (nSPS) is 15.7. The molecule has 0 aromatic heterocycles. The molecule has 1 aliphatic rings. The van der Waals surface area contributed by atoms with Crippen LogP contribution in [-0.2, 0) is 11.2 Å². The number of ether oxygens (including phenoxy) is 1. The van der Waals surface area contributed by atoms with Crippen LogP contribution in [0.3, 0.4) is 0 Å². The number of thioether (sulfide) groups is 1. The average molecular weight is 369 g/mol. The Morgan fingerprint density at radius 2 is 1.92 bits per heavy atom. The standard InChI is InChI=1S/C20H19NO4S/c1-25-17-10-9-15(12-16(17)22)13-18-19(23)21(20(24)26-18)11-5-8-14-6-3-2-4-7-14/h2-4,6-7,9-10,12-13,22H,5,8,11H2,1H3. The largest absolute Gasteiger partial charge is 0.504 e. The minimum absolute atomic E-state index is 0.0108. The van der Waals surface area contributed by atoms with E-state index in [1.165, 1.54) is 23.6 Å². The van der Waals surface area contributed by atoms with E-state index in [4.69, 9.17) is 4.74 Å². The fourth-order valence-electron chi connectivity index (χ4n) is 2.73. The van der Waals surface area contributed by atoms with E-state index in [2.05, 4.69) is 0 Å². The van der Waals surface area contributed by atoms with Crippen LogP contribution < -0.4 is 4.74 Å². The number of nitrogens with zero attached hydrogens (tertiary/aromatic N) is 1. The van der Waals surface area contributed by atoms with E-state index in [-0.39, 0.29) is 16.9 Å². The molecular weight excluding hydrogens is 350 g/mol. The summed E-state index contributed by atoms with van der Waals surface area (Å²) in [6.07, 6.45) is 3.15. The number of phenols is 1. The van der Waals surface area contributed by atoms with Crippen LogP contribution in [0.25, 0.3) is 6.08 Å². The number of amides is 2. The second-order valence-electron chi connectivity index (χ2n) is 5.85. The van der Waals surface area contributed by atoms with E-state index in [1.54, 1.807) is 18.2 Å². The fourth-order valence-corrected chi connectivity index (χ4v) is 3.59. The van der Waals surface area contributed by atoms with Crippen LogP contribution >= 0.6 is 11.8 Å². The smallest absolute Gasteiger partial charge is 0.293 e. The van der Waals surface area contributed by atoms with Crippen molar-refractivity contribution in [3.05, 3.63) is 64.6 Å². The van der Waals surface area contributed by atoms with Gasteiger partial charge in [-0.15, -0.1) is 0 Å². The molecule has 0 saturated carbocycles. The number of carbonyl (C=O) groups is 2. The number of aromatic hydroxyl groups is 1. The minimum atomic E-state index is -0.289. The van der Waals surface area contributed by atoms with Gasteiger partial charge in [-0.1, -0.05) is 36.4 Å². The molecule has 0 unspecified atom stereocenters. The molecule has 2 amide bonds. The highest BCUT2D eigenvalue weighted by atomic mass is 32.2. The van der Waals surface area contributed by atoms with Crippen LogP contribution in [-0.4, -0.2) is 34.8 Å². The van der Waals surface area contributed by atoms with Gasteiger partial charge in [0.1, 0.15) is 0 Å². The molecule has 0 bridgehead atoms. The fraction of sp³-hybridized carbons (Fsp3) is 0.200. The maximum Gasteiger partial charge on any atom is 0.293 e. The van der Waals surface area contributed by atoms with Crippen molar-refractivity contribution in [2.45, 2.75) is 12.8 Å². The predicted octanol–water partition coefficient (Wildman–Crippen LogP) is 4.07. The molecule has 1 N–H and O–H groups in total. The maximum absolute atomic E-state index is 12.5. The molecule has 134 valence electrons. The summed E-state index contributed by atoms with van der Waals surface area (Å²) in [4.78, 5) is 26.3. The van der Waals surface area contributed by atoms with Gasteiger partial charge in [0.25, 0.3) is 11.1 Å². The van der Waals surface area contributed by atoms with Crippen molar-refractivity contribution >= 4 is 29.0 Å². The lowest BCUT2D eigenvalue weighted by atomic mass is 10.1. The van der Waals surface area contributed by atoms with E-state index in [0.29, 0.717) is 22.8 Å². The van der Waals surface area contributed by atoms with Gasteiger partial charge in [-0.3, -0.25) is 14.5 Å². The number of rotatable bonds is 6. The summed E-state index contributed by atoms with van der Waals surface area (Å²) in [5, 5.41) is 9.58. The Morgan fingerprint density at radius 3 is 2.62 bits per heavy atom. The Morgan fingerprint density at radius 1 is 1.15 bits per heavy atom. The lowest BCUT2D eigenvalue weighted by molar-refractivity contribution is -0.122. The topological polar surface area (TPSA) is 66.8 Å². The summed E-state index contributed by atoms with van der Waals surface area (Å²) in [7, 11) is 1.47. The molecule has 1 heterocycles. The number of imide groups is 1. The minimum Gasteiger partial charge on any atom is -0.504 e. The first-order valence-corrected chi connectivity index (χ1v) is 9.06. The molecular formula is C20H19NO4S. The van der Waals surface area contributed by atoms with Crippen molar-refractivity contribution in [1.82, 2.24) is 4.90 Å². The monoisotopic (exact) mass is 369 g/mol. The van der Waals surface area contributed by atoms with Crippen molar-refractivity contribution in [2.75, 3.05) is 13.7 Å². The maximum atomic E-state index is 12.5. The summed E-state index contributed by atoms with van der Waals surface area (Å²) >= 11 is 0.924. The van der Waals surface area contributed by atoms with Gasteiger partial charge >= 0.3 is 0 Å². The van der Waals surface area contributed by atoms with Crippen molar-refractivity contribution in [3.8, 4) is 11.5 Å². The third kappa shape index (κ3) is 4.08. The Hall–Kier alpha value is -2.73. The van der Waals surface area contributed by atoms with Gasteiger partial charge in [-0.2, -0.15) is 0 Å². The molecule has 1 fully saturated rings. The Balaban J connectivity index is 1.65. The third-order valence-corrected chi connectivity index (χ3v) is 4.97. The number of carbonyl (C=O) groups excluding carboxylic acids is 2. The Kier molecular flexibility index (Phi) is 5.63. The van der Waals surface area contributed by atoms with Gasteiger partial charge < -0.3 is 9.84 Å². The lowest BCUT2D eigenvalue weighted by Gasteiger charge is -2.12. The first-order chi connectivity index (χ1) is 12.6. The van der Waals surface area contributed by atoms with E-state index in [9.17, 15) is 14.7 Å². The molecule has 0 spiro atoms. The SMILES string of the molecule is COc1ccc(C=C2SC(=O)N(CCCc3ccccc3)C2=O)cc1O. The van der Waals surface area contributed by atoms with Crippen LogP contribution in [0.15, 0.2) is 53.4 Å². The number of methoxy groups -OCH3 is 1. The van der Waals surface area contributed by atoms with Crippen molar-refractivity contribution in [1.29, 1.82) is 0 Å². The number of benzene rings is 2. The van der Waals surface area contributed by atoms with E-state index in [1.807, 2.05) is 30.3 Å². The second kappa shape index (κ2) is 8.10. The first-order valence-electron chi connectivity index (χ1n) is 8.25. The van der Waals surface area contributed by atoms with Crippen molar-refractivity contribution in [3.63, 3.8) is 0 Å². The molecule has 5 nitrogen and oxygen atoms in total. The summed E-state index contributed by atoms with van der Waals surface area (Å²) in [5.74, 6) is 0.0582. The Labute approximate surface area is 156 Å². The molecule has 3 rings (SSSR count). The molecule has 2 aromatic carbocycles. The summed E-state index contributed by atoms with van der Waals surface area (Å²) in [6.45, 7) is 0.394. The van der Waals surface area contributed by atoms with Crippen LogP contribution in [0.1, 0.15) is 17.5 Å². The van der Waals surface area contributed by atoms with E-state index >= 15 is 0 Å². The van der Waals surface area contributed by atoms with Crippen molar-refractivity contribution in [2.24, 2.45) is 0 Å². The molecule has 0 atom stereocenters. The zero-order valence-electron chi connectivity index (χ0n) is 14.3. The van der Waals surface area contributed by atoms with Gasteiger partial charge in [-0.25, -0.2) is 0 Å². The molecule has 26 heavy (non-hydrogen) atoms. The second-order valence-corrected chi connectivity index (χ2v) is 6.85. The molecule has 0 aliphatic carbocycles. The lowest BCUT2D eigenvalue weighted by Crippen LogP contribution is -2.29. The predicted molar refractivity (Wildman–Crippen MR) is 102 cm³/mol. The number of hydrogen-bond donors (Lipinski definition) is 1. The van der Waals surface area contributed by atoms with E-state index in [0.717, 1.165) is 24.6 Å². The van der Waals surface area contributed by atoms with Gasteiger partial charge in [-0.05, 0) is 53.9 Å². The third-order valence-electron chi connectivity index (χ3n) is 4.06. The average Bonchev–Trinajstić information content (AvgIpc) is 2.90. The molecule has 1 saturated heterocycles. The van der Waals surface area contributed by atoms with Crippen LogP contribution in [0, 0.1) is 0 Å². The quantitative estimate of drug-likeness (QED) is 0.778. The van der Waals surface area contributed by atoms with Gasteiger partial charge in [0.15, 0.2) is 11.5 Å². The van der Waals surface area contributed by atoms with Crippen LogP contribution in [0.5, 0.6) is 11.5 Å². The molecule has 6 heteroatoms. The number of aryl methyl sites for hydroxylation is 1. The molecule has 2 aromatic rings. The first kappa shape index (κ1) is 18.1. The summed E-state index contributed by atoms with van der Waals surface area (Å²) in [5.41, 5.74) is 1.82. The van der Waals surface area contributed by atoms with Gasteiger partial charge in [0, 0.05) is 6.54 Å². The number of hydrogen-bond acceptors (Lipinski definition) is 5. The summed E-state index contributed by atoms with van der Waals surface area (Å²) in [6, 6.07) is 14.8. The summed E-state index contributed by atoms with van der Waals surface area (Å²) < 4.78 is 5.00. The van der Waals surface area contributed by atoms with Crippen molar-refractivity contribution < 1.29 is 19.4 Å². The highest BCUT2D eigenvalue weighted by Crippen LogP contribution is 2.34. The van der Waals surface area contributed by atoms with Crippen LogP contribution in [0.2, 0.25) is 0 Å². The number of phenolic OH excluding ortho intramolecular Hbond substituents is 1. The molecule has 1 aliphatic heterocycles. The van der Waals surface area contributed by atoms with Crippen LogP contribution in [0.4, 0.5) is 4.79 Å². The zero-order chi connectivity index (χ0) is 18.5. The van der Waals surface area contributed by atoms with E-state index < -0.39 is 0 Å². The molecule has 0 radical (unpaired) electrons.